The Balaban J connectivity index is 1.35. The first kappa shape index (κ1) is 23.6. The minimum Gasteiger partial charge on any atom is -0.306 e. The van der Waals surface area contributed by atoms with Gasteiger partial charge >= 0.3 is 0 Å². The Morgan fingerprint density at radius 2 is 1.27 bits per heavy atom. The van der Waals surface area contributed by atoms with E-state index in [1.807, 2.05) is 36.4 Å². The van der Waals surface area contributed by atoms with Gasteiger partial charge in [-0.05, 0) is 52.8 Å². The summed E-state index contributed by atoms with van der Waals surface area (Å²) in [5.41, 5.74) is 10.3. The standard InChI is InChI=1S/C36H32N4/c1-36(2)29-19-11-9-17-25(29)27-21-28-26-18-10-12-20-31(26)40(32(28)22-30(27)36)35-38-33(23-13-5-3-6-14-23)37-34(39-35)24-15-7-4-8-16-24/h3-9,11,13-17,19,21-22,26,31H,10,12,18,20H2,1-2H3. The largest absolute Gasteiger partial charge is 0.306 e. The topological polar surface area (TPSA) is 41.9 Å². The fraction of sp³-hybridized carbons (Fsp3) is 0.250. The summed E-state index contributed by atoms with van der Waals surface area (Å²) < 4.78 is 0. The first-order valence-electron chi connectivity index (χ1n) is 14.5. The third-order valence-electron chi connectivity index (χ3n) is 9.35. The number of fused-ring (bicyclic) bond motifs is 6. The number of rotatable bonds is 3. The number of anilines is 2. The van der Waals surface area contributed by atoms with Crippen LogP contribution in [0.25, 0.3) is 33.9 Å². The van der Waals surface area contributed by atoms with E-state index in [1.165, 1.54) is 52.8 Å². The van der Waals surface area contributed by atoms with Gasteiger partial charge in [0.1, 0.15) is 0 Å². The third kappa shape index (κ3) is 3.48. The molecule has 2 aliphatic carbocycles. The van der Waals surface area contributed by atoms with Gasteiger partial charge in [0.2, 0.25) is 5.95 Å². The molecule has 0 N–H and O–H groups in total. The smallest absolute Gasteiger partial charge is 0.234 e. The molecule has 2 atom stereocenters. The Morgan fingerprint density at radius 1 is 0.650 bits per heavy atom. The van der Waals surface area contributed by atoms with Crippen LogP contribution in [0.3, 0.4) is 0 Å². The molecule has 8 rings (SSSR count). The van der Waals surface area contributed by atoms with Crippen LogP contribution in [0, 0.1) is 0 Å². The van der Waals surface area contributed by atoms with Gasteiger partial charge in [0.15, 0.2) is 11.6 Å². The number of hydrogen-bond acceptors (Lipinski definition) is 4. The zero-order valence-electron chi connectivity index (χ0n) is 23.0. The van der Waals surface area contributed by atoms with Crippen LogP contribution in [-0.4, -0.2) is 21.0 Å². The monoisotopic (exact) mass is 520 g/mol. The van der Waals surface area contributed by atoms with Gasteiger partial charge in [-0.2, -0.15) is 9.97 Å². The fourth-order valence-corrected chi connectivity index (χ4v) is 7.38. The molecular formula is C36H32N4. The molecule has 4 heteroatoms. The molecule has 1 saturated carbocycles. The van der Waals surface area contributed by atoms with Crippen molar-refractivity contribution in [2.75, 3.05) is 4.90 Å². The second-order valence-corrected chi connectivity index (χ2v) is 12.0. The lowest BCUT2D eigenvalue weighted by Gasteiger charge is -2.32. The van der Waals surface area contributed by atoms with Crippen molar-refractivity contribution in [1.29, 1.82) is 0 Å². The van der Waals surface area contributed by atoms with Crippen molar-refractivity contribution in [3.63, 3.8) is 0 Å². The molecule has 0 radical (unpaired) electrons. The number of benzene rings is 4. The minimum atomic E-state index is -0.0517. The molecule has 1 aromatic heterocycles. The van der Waals surface area contributed by atoms with E-state index in [0.29, 0.717) is 12.0 Å². The van der Waals surface area contributed by atoms with Gasteiger partial charge in [-0.1, -0.05) is 112 Å². The summed E-state index contributed by atoms with van der Waals surface area (Å²) in [5, 5.41) is 0. The summed E-state index contributed by atoms with van der Waals surface area (Å²) >= 11 is 0. The summed E-state index contributed by atoms with van der Waals surface area (Å²) in [6.45, 7) is 4.72. The van der Waals surface area contributed by atoms with Crippen LogP contribution in [0.4, 0.5) is 11.6 Å². The van der Waals surface area contributed by atoms with Crippen molar-refractivity contribution in [1.82, 2.24) is 15.0 Å². The Labute approximate surface area is 235 Å². The highest BCUT2D eigenvalue weighted by molar-refractivity contribution is 5.86. The first-order chi connectivity index (χ1) is 19.6. The van der Waals surface area contributed by atoms with Gasteiger partial charge in [0.25, 0.3) is 0 Å². The molecule has 1 fully saturated rings. The molecule has 0 saturated heterocycles. The van der Waals surface area contributed by atoms with E-state index in [4.69, 9.17) is 15.0 Å². The van der Waals surface area contributed by atoms with Crippen molar-refractivity contribution in [2.24, 2.45) is 0 Å². The Hall–Kier alpha value is -4.31. The summed E-state index contributed by atoms with van der Waals surface area (Å²) in [7, 11) is 0. The van der Waals surface area contributed by atoms with E-state index in [0.717, 1.165) is 35.1 Å². The van der Waals surface area contributed by atoms with Crippen LogP contribution < -0.4 is 4.90 Å². The van der Waals surface area contributed by atoms with Crippen molar-refractivity contribution in [2.45, 2.75) is 56.9 Å². The molecule has 2 unspecified atom stereocenters. The second kappa shape index (κ2) is 8.85. The maximum atomic E-state index is 5.17. The maximum absolute atomic E-state index is 5.17. The predicted molar refractivity (Wildman–Crippen MR) is 162 cm³/mol. The lowest BCUT2D eigenvalue weighted by Crippen LogP contribution is -2.33. The predicted octanol–water partition coefficient (Wildman–Crippen LogP) is 8.69. The van der Waals surface area contributed by atoms with Crippen molar-refractivity contribution in [3.05, 3.63) is 114 Å². The molecule has 1 aliphatic heterocycles. The molecule has 5 aromatic rings. The van der Waals surface area contributed by atoms with Crippen LogP contribution in [0.15, 0.2) is 97.1 Å². The maximum Gasteiger partial charge on any atom is 0.234 e. The van der Waals surface area contributed by atoms with Crippen LogP contribution >= 0.6 is 0 Å². The van der Waals surface area contributed by atoms with Gasteiger partial charge in [-0.15, -0.1) is 0 Å². The lowest BCUT2D eigenvalue weighted by atomic mass is 9.80. The molecule has 196 valence electrons. The summed E-state index contributed by atoms with van der Waals surface area (Å²) in [6, 6.07) is 34.9. The van der Waals surface area contributed by atoms with Crippen LogP contribution in [0.1, 0.15) is 62.1 Å². The van der Waals surface area contributed by atoms with E-state index in [1.54, 1.807) is 0 Å². The fourth-order valence-electron chi connectivity index (χ4n) is 7.38. The number of hydrogen-bond donors (Lipinski definition) is 0. The highest BCUT2D eigenvalue weighted by Crippen LogP contribution is 2.56. The molecular weight excluding hydrogens is 488 g/mol. The highest BCUT2D eigenvalue weighted by atomic mass is 15.3. The molecule has 0 spiro atoms. The highest BCUT2D eigenvalue weighted by Gasteiger charge is 2.45. The Morgan fingerprint density at radius 3 is 1.98 bits per heavy atom. The van der Waals surface area contributed by atoms with Gasteiger partial charge in [0, 0.05) is 34.2 Å². The zero-order chi connectivity index (χ0) is 26.8. The summed E-state index contributed by atoms with van der Waals surface area (Å²) in [5.74, 6) is 2.69. The SMILES string of the molecule is CC1(C)c2ccccc2-c2cc3c(cc21)N(c1nc(-c2ccccc2)nc(-c2ccccc2)n1)C1CCCCC31. The van der Waals surface area contributed by atoms with Crippen LogP contribution in [0.5, 0.6) is 0 Å². The van der Waals surface area contributed by atoms with Gasteiger partial charge in [0.05, 0.1) is 0 Å². The molecule has 0 bridgehead atoms. The second-order valence-electron chi connectivity index (χ2n) is 12.0. The molecule has 0 amide bonds. The third-order valence-corrected chi connectivity index (χ3v) is 9.35. The first-order valence-corrected chi connectivity index (χ1v) is 14.5. The van der Waals surface area contributed by atoms with E-state index >= 15 is 0 Å². The van der Waals surface area contributed by atoms with Crippen molar-refractivity contribution < 1.29 is 0 Å². The number of aromatic nitrogens is 3. The molecule has 4 aromatic carbocycles. The molecule has 40 heavy (non-hydrogen) atoms. The quantitative estimate of drug-likeness (QED) is 0.239. The normalized spacial score (nSPS) is 20.0. The van der Waals surface area contributed by atoms with E-state index < -0.39 is 0 Å². The molecule has 4 nitrogen and oxygen atoms in total. The van der Waals surface area contributed by atoms with Crippen LogP contribution in [0.2, 0.25) is 0 Å². The zero-order valence-corrected chi connectivity index (χ0v) is 23.0. The van der Waals surface area contributed by atoms with Crippen LogP contribution in [-0.2, 0) is 5.41 Å². The van der Waals surface area contributed by atoms with E-state index in [-0.39, 0.29) is 5.41 Å². The molecule has 2 heterocycles. The molecule has 3 aliphatic rings. The summed E-state index contributed by atoms with van der Waals surface area (Å²) in [6.07, 6.45) is 4.87. The van der Waals surface area contributed by atoms with Gasteiger partial charge < -0.3 is 4.90 Å². The average molecular weight is 521 g/mol. The average Bonchev–Trinajstić information content (AvgIpc) is 3.45. The van der Waals surface area contributed by atoms with E-state index in [9.17, 15) is 0 Å². The van der Waals surface area contributed by atoms with Gasteiger partial charge in [-0.3, -0.25) is 0 Å². The Kier molecular flexibility index (Phi) is 5.22. The summed E-state index contributed by atoms with van der Waals surface area (Å²) in [4.78, 5) is 17.8. The Bertz CT molecular complexity index is 1680. The van der Waals surface area contributed by atoms with E-state index in [2.05, 4.69) is 79.4 Å². The number of nitrogens with zero attached hydrogens (tertiary/aromatic N) is 4. The van der Waals surface area contributed by atoms with Gasteiger partial charge in [-0.25, -0.2) is 4.98 Å². The van der Waals surface area contributed by atoms with Crippen molar-refractivity contribution in [3.8, 4) is 33.9 Å². The van der Waals surface area contributed by atoms with Crippen molar-refractivity contribution >= 4 is 11.6 Å². The lowest BCUT2D eigenvalue weighted by molar-refractivity contribution is 0.400. The minimum absolute atomic E-state index is 0.0517.